The molecule has 6 heteroatoms. The highest BCUT2D eigenvalue weighted by Crippen LogP contribution is 2.28. The van der Waals surface area contributed by atoms with Crippen molar-refractivity contribution in [3.05, 3.63) is 53.6 Å². The molecule has 2 rings (SSSR count). The third-order valence-electron chi connectivity index (χ3n) is 2.84. The zero-order valence-corrected chi connectivity index (χ0v) is 11.8. The molecule has 2 aromatic rings. The van der Waals surface area contributed by atoms with Crippen molar-refractivity contribution in [1.82, 2.24) is 0 Å². The Labute approximate surface area is 126 Å². The topological polar surface area (TPSA) is 51.5 Å². The number of nitrogens with zero attached hydrogens (tertiary/aromatic N) is 1. The predicted molar refractivity (Wildman–Crippen MR) is 75.1 cm³/mol. The molecule has 0 unspecified atom stereocenters. The molecule has 0 heterocycles. The van der Waals surface area contributed by atoms with Crippen molar-refractivity contribution in [2.45, 2.75) is 13.2 Å². The van der Waals surface area contributed by atoms with Gasteiger partial charge >= 0.3 is 6.61 Å². The van der Waals surface area contributed by atoms with Crippen LogP contribution in [0.2, 0.25) is 0 Å². The highest BCUT2D eigenvalue weighted by atomic mass is 19.3. The fourth-order valence-electron chi connectivity index (χ4n) is 1.78. The Bertz CT molecular complexity index is 666. The van der Waals surface area contributed by atoms with Gasteiger partial charge in [-0.05, 0) is 29.8 Å². The van der Waals surface area contributed by atoms with Crippen LogP contribution >= 0.6 is 0 Å². The van der Waals surface area contributed by atoms with Gasteiger partial charge in [0.1, 0.15) is 12.4 Å². The summed E-state index contributed by atoms with van der Waals surface area (Å²) in [5.41, 5.74) is 1.26. The van der Waals surface area contributed by atoms with E-state index in [1.807, 2.05) is 6.07 Å². The van der Waals surface area contributed by atoms with Crippen molar-refractivity contribution < 1.29 is 23.0 Å². The van der Waals surface area contributed by atoms with Gasteiger partial charge in [-0.3, -0.25) is 0 Å². The van der Waals surface area contributed by atoms with E-state index < -0.39 is 6.61 Å². The molecule has 0 aliphatic rings. The van der Waals surface area contributed by atoms with Crippen LogP contribution in [0, 0.1) is 11.3 Å². The average molecular weight is 305 g/mol. The van der Waals surface area contributed by atoms with Crippen LogP contribution in [0.3, 0.4) is 0 Å². The minimum Gasteiger partial charge on any atom is -0.493 e. The van der Waals surface area contributed by atoms with Gasteiger partial charge in [-0.25, -0.2) is 0 Å². The first-order valence-electron chi connectivity index (χ1n) is 6.37. The monoisotopic (exact) mass is 305 g/mol. The quantitative estimate of drug-likeness (QED) is 0.815. The van der Waals surface area contributed by atoms with Gasteiger partial charge in [-0.1, -0.05) is 12.1 Å². The summed E-state index contributed by atoms with van der Waals surface area (Å²) >= 11 is 0. The maximum Gasteiger partial charge on any atom is 0.387 e. The molecule has 0 saturated carbocycles. The second-order valence-corrected chi connectivity index (χ2v) is 4.29. The Balaban J connectivity index is 2.02. The lowest BCUT2D eigenvalue weighted by molar-refractivity contribution is -0.0498. The van der Waals surface area contributed by atoms with Crippen molar-refractivity contribution >= 4 is 0 Å². The lowest BCUT2D eigenvalue weighted by Crippen LogP contribution is -2.02. The van der Waals surface area contributed by atoms with E-state index in [4.69, 9.17) is 14.7 Å². The summed E-state index contributed by atoms with van der Waals surface area (Å²) in [4.78, 5) is 0. The Morgan fingerprint density at radius 2 is 1.82 bits per heavy atom. The van der Waals surface area contributed by atoms with E-state index >= 15 is 0 Å². The van der Waals surface area contributed by atoms with E-state index in [0.717, 1.165) is 5.56 Å². The second kappa shape index (κ2) is 7.27. The first-order chi connectivity index (χ1) is 10.6. The predicted octanol–water partition coefficient (Wildman–Crippen LogP) is 3.75. The van der Waals surface area contributed by atoms with E-state index in [-0.39, 0.29) is 12.4 Å². The van der Waals surface area contributed by atoms with Crippen LogP contribution in [0.4, 0.5) is 8.78 Å². The normalized spacial score (nSPS) is 10.1. The van der Waals surface area contributed by atoms with E-state index in [1.165, 1.54) is 19.2 Å². The van der Waals surface area contributed by atoms with Crippen LogP contribution in [0.15, 0.2) is 42.5 Å². The van der Waals surface area contributed by atoms with Crippen LogP contribution in [0.1, 0.15) is 11.1 Å². The van der Waals surface area contributed by atoms with Crippen LogP contribution in [-0.2, 0) is 6.61 Å². The second-order valence-electron chi connectivity index (χ2n) is 4.29. The van der Waals surface area contributed by atoms with Gasteiger partial charge in [0.2, 0.25) is 0 Å². The molecule has 0 spiro atoms. The minimum atomic E-state index is -2.84. The lowest BCUT2D eigenvalue weighted by atomic mass is 10.2. The summed E-state index contributed by atoms with van der Waals surface area (Å²) in [6.07, 6.45) is 0. The molecule has 2 aromatic carbocycles. The van der Waals surface area contributed by atoms with Crippen LogP contribution in [-0.4, -0.2) is 13.7 Å². The van der Waals surface area contributed by atoms with E-state index in [1.54, 1.807) is 30.3 Å². The number of nitriles is 1. The third kappa shape index (κ3) is 4.09. The molecular formula is C16H13F2NO3. The zero-order valence-electron chi connectivity index (χ0n) is 11.8. The van der Waals surface area contributed by atoms with Gasteiger partial charge in [0.25, 0.3) is 0 Å². The van der Waals surface area contributed by atoms with Gasteiger partial charge in [-0.2, -0.15) is 14.0 Å². The Morgan fingerprint density at radius 1 is 1.09 bits per heavy atom. The molecule has 0 radical (unpaired) electrons. The van der Waals surface area contributed by atoms with Crippen molar-refractivity contribution in [3.63, 3.8) is 0 Å². The lowest BCUT2D eigenvalue weighted by Gasteiger charge is -2.11. The van der Waals surface area contributed by atoms with Crippen molar-refractivity contribution in [2.24, 2.45) is 0 Å². The molecule has 4 nitrogen and oxygen atoms in total. The molecule has 0 aliphatic carbocycles. The summed E-state index contributed by atoms with van der Waals surface area (Å²) in [5.74, 6) is 1.04. The molecule has 0 amide bonds. The average Bonchev–Trinajstić information content (AvgIpc) is 2.53. The van der Waals surface area contributed by atoms with Crippen LogP contribution < -0.4 is 14.2 Å². The molecule has 0 aliphatic heterocycles. The van der Waals surface area contributed by atoms with Gasteiger partial charge in [0.05, 0.1) is 18.7 Å². The van der Waals surface area contributed by atoms with Gasteiger partial charge in [0, 0.05) is 6.07 Å². The summed E-state index contributed by atoms with van der Waals surface area (Å²) in [6, 6.07) is 13.0. The number of hydrogen-bond acceptors (Lipinski definition) is 4. The van der Waals surface area contributed by atoms with Crippen molar-refractivity contribution in [1.29, 1.82) is 5.26 Å². The third-order valence-corrected chi connectivity index (χ3v) is 2.84. The summed E-state index contributed by atoms with van der Waals surface area (Å²) in [7, 11) is 1.49. The molecule has 0 atom stereocenters. The zero-order chi connectivity index (χ0) is 15.9. The standard InChI is InChI=1S/C16H13F2NO3/c1-20-15-8-12(9-19)4-7-14(15)21-10-11-2-5-13(6-3-11)22-16(17)18/h2-8,16H,10H2,1H3. The molecule has 114 valence electrons. The van der Waals surface area contributed by atoms with Gasteiger partial charge < -0.3 is 14.2 Å². The Hall–Kier alpha value is -2.81. The molecule has 0 saturated heterocycles. The number of benzene rings is 2. The molecule has 0 N–H and O–H groups in total. The molecule has 0 fully saturated rings. The highest BCUT2D eigenvalue weighted by molar-refractivity contribution is 5.46. The fourth-order valence-corrected chi connectivity index (χ4v) is 1.78. The van der Waals surface area contributed by atoms with E-state index in [2.05, 4.69) is 4.74 Å². The SMILES string of the molecule is COc1cc(C#N)ccc1OCc1ccc(OC(F)F)cc1. The maximum atomic E-state index is 12.1. The van der Waals surface area contributed by atoms with Crippen molar-refractivity contribution in [2.75, 3.05) is 7.11 Å². The van der Waals surface area contributed by atoms with Crippen LogP contribution in [0.5, 0.6) is 17.2 Å². The smallest absolute Gasteiger partial charge is 0.387 e. The maximum absolute atomic E-state index is 12.1. The first kappa shape index (κ1) is 15.6. The molecule has 0 aromatic heterocycles. The number of ether oxygens (including phenoxy) is 3. The van der Waals surface area contributed by atoms with E-state index in [9.17, 15) is 8.78 Å². The number of methoxy groups -OCH3 is 1. The highest BCUT2D eigenvalue weighted by Gasteiger charge is 2.07. The molecule has 22 heavy (non-hydrogen) atoms. The number of hydrogen-bond donors (Lipinski definition) is 0. The molecule has 0 bridgehead atoms. The Morgan fingerprint density at radius 3 is 2.41 bits per heavy atom. The number of halogens is 2. The van der Waals surface area contributed by atoms with Crippen molar-refractivity contribution in [3.8, 4) is 23.3 Å². The molecular weight excluding hydrogens is 292 g/mol. The van der Waals surface area contributed by atoms with E-state index in [0.29, 0.717) is 17.1 Å². The number of rotatable bonds is 6. The largest absolute Gasteiger partial charge is 0.493 e. The Kier molecular flexibility index (Phi) is 5.15. The summed E-state index contributed by atoms with van der Waals surface area (Å²) in [5, 5.41) is 8.83. The van der Waals surface area contributed by atoms with Crippen LogP contribution in [0.25, 0.3) is 0 Å². The first-order valence-corrected chi connectivity index (χ1v) is 6.37. The number of alkyl halides is 2. The van der Waals surface area contributed by atoms with Gasteiger partial charge in [-0.15, -0.1) is 0 Å². The fraction of sp³-hybridized carbons (Fsp3) is 0.188. The summed E-state index contributed by atoms with van der Waals surface area (Å²) in [6.45, 7) is -2.61. The summed E-state index contributed by atoms with van der Waals surface area (Å²) < 4.78 is 39.1. The minimum absolute atomic E-state index is 0.0923. The van der Waals surface area contributed by atoms with Gasteiger partial charge in [0.15, 0.2) is 11.5 Å².